The fourth-order valence-electron chi connectivity index (χ4n) is 2.74. The van der Waals surface area contributed by atoms with Crippen LogP contribution in [0.5, 0.6) is 0 Å². The molecule has 0 aromatic carbocycles. The average Bonchev–Trinajstić information content (AvgIpc) is 2.45. The van der Waals surface area contributed by atoms with E-state index in [0.717, 1.165) is 24.9 Å². The lowest BCUT2D eigenvalue weighted by atomic mass is 9.93. The van der Waals surface area contributed by atoms with Crippen LogP contribution >= 0.6 is 0 Å². The maximum atomic E-state index is 9.05. The first-order valence-electron chi connectivity index (χ1n) is 5.28. The number of nitriles is 1. The molecule has 1 heterocycles. The highest BCUT2D eigenvalue weighted by molar-refractivity contribution is 5.04. The summed E-state index contributed by atoms with van der Waals surface area (Å²) in [7, 11) is 0. The van der Waals surface area contributed by atoms with Crippen molar-refractivity contribution in [3.05, 3.63) is 0 Å². The second-order valence-corrected chi connectivity index (χ2v) is 5.12. The molecule has 0 amide bonds. The zero-order valence-electron chi connectivity index (χ0n) is 8.58. The van der Waals surface area contributed by atoms with E-state index in [4.69, 9.17) is 5.26 Å². The first-order valence-corrected chi connectivity index (χ1v) is 5.28. The van der Waals surface area contributed by atoms with Crippen molar-refractivity contribution >= 4 is 0 Å². The van der Waals surface area contributed by atoms with Gasteiger partial charge in [-0.1, -0.05) is 0 Å². The third-order valence-electron chi connectivity index (χ3n) is 3.67. The van der Waals surface area contributed by atoms with E-state index in [-0.39, 0.29) is 5.54 Å². The van der Waals surface area contributed by atoms with E-state index in [1.54, 1.807) is 0 Å². The van der Waals surface area contributed by atoms with Crippen molar-refractivity contribution in [1.29, 1.82) is 5.26 Å². The van der Waals surface area contributed by atoms with Crippen molar-refractivity contribution in [2.45, 2.75) is 38.6 Å². The van der Waals surface area contributed by atoms with Crippen LogP contribution in [0.25, 0.3) is 0 Å². The Morgan fingerprint density at radius 1 is 1.23 bits per heavy atom. The first-order chi connectivity index (χ1) is 6.12. The Kier molecular flexibility index (Phi) is 2.08. The minimum Gasteiger partial charge on any atom is -0.285 e. The van der Waals surface area contributed by atoms with Crippen LogP contribution in [0.3, 0.4) is 0 Å². The Bertz CT molecular complexity index is 227. The fraction of sp³-hybridized carbons (Fsp3) is 0.909. The highest BCUT2D eigenvalue weighted by atomic mass is 15.2. The molecule has 2 atom stereocenters. The minimum atomic E-state index is -0.249. The fourth-order valence-corrected chi connectivity index (χ4v) is 2.74. The molecule has 0 N–H and O–H groups in total. The summed E-state index contributed by atoms with van der Waals surface area (Å²) in [5, 5.41) is 9.05. The second-order valence-electron chi connectivity index (χ2n) is 5.12. The summed E-state index contributed by atoms with van der Waals surface area (Å²) < 4.78 is 0. The van der Waals surface area contributed by atoms with Gasteiger partial charge in [0.2, 0.25) is 0 Å². The number of fused-ring (bicyclic) bond motifs is 2. The van der Waals surface area contributed by atoms with Crippen LogP contribution < -0.4 is 0 Å². The molecule has 1 saturated heterocycles. The normalized spacial score (nSPS) is 34.5. The highest BCUT2D eigenvalue weighted by Crippen LogP contribution is 2.38. The van der Waals surface area contributed by atoms with E-state index in [9.17, 15) is 0 Å². The molecule has 2 unspecified atom stereocenters. The minimum absolute atomic E-state index is 0.249. The van der Waals surface area contributed by atoms with Crippen molar-refractivity contribution in [1.82, 2.24) is 4.90 Å². The molecule has 13 heavy (non-hydrogen) atoms. The number of hydrogen-bond donors (Lipinski definition) is 0. The van der Waals surface area contributed by atoms with E-state index in [1.807, 2.05) is 13.8 Å². The van der Waals surface area contributed by atoms with Gasteiger partial charge in [-0.15, -0.1) is 0 Å². The second kappa shape index (κ2) is 2.99. The highest BCUT2D eigenvalue weighted by Gasteiger charge is 2.38. The third kappa shape index (κ3) is 1.58. The van der Waals surface area contributed by atoms with Gasteiger partial charge in [-0.05, 0) is 44.9 Å². The summed E-state index contributed by atoms with van der Waals surface area (Å²) in [4.78, 5) is 2.37. The predicted octanol–water partition coefficient (Wildman–Crippen LogP) is 2.02. The van der Waals surface area contributed by atoms with Crippen molar-refractivity contribution in [3.8, 4) is 6.07 Å². The molecule has 0 aromatic heterocycles. The molecule has 0 spiro atoms. The van der Waals surface area contributed by atoms with Crippen LogP contribution in [-0.4, -0.2) is 23.5 Å². The van der Waals surface area contributed by atoms with Crippen LogP contribution in [-0.2, 0) is 0 Å². The van der Waals surface area contributed by atoms with Gasteiger partial charge in [-0.2, -0.15) is 5.26 Å². The van der Waals surface area contributed by atoms with Gasteiger partial charge < -0.3 is 0 Å². The molecule has 2 fully saturated rings. The van der Waals surface area contributed by atoms with Crippen LogP contribution in [0.1, 0.15) is 33.1 Å². The summed E-state index contributed by atoms with van der Waals surface area (Å²) in [6, 6.07) is 2.41. The number of rotatable bonds is 1. The molecular weight excluding hydrogens is 160 g/mol. The largest absolute Gasteiger partial charge is 0.285 e. The SMILES string of the molecule is CC(C)(C#N)N1CC2CCC(C2)C1. The van der Waals surface area contributed by atoms with E-state index in [2.05, 4.69) is 11.0 Å². The van der Waals surface area contributed by atoms with Crippen LogP contribution in [0.15, 0.2) is 0 Å². The summed E-state index contributed by atoms with van der Waals surface area (Å²) >= 11 is 0. The van der Waals surface area contributed by atoms with E-state index in [0.29, 0.717) is 0 Å². The standard InChI is InChI=1S/C11H18N2/c1-11(2,8-12)13-6-9-3-4-10(5-9)7-13/h9-10H,3-7H2,1-2H3. The van der Waals surface area contributed by atoms with Gasteiger partial charge in [0.05, 0.1) is 6.07 Å². The number of hydrogen-bond acceptors (Lipinski definition) is 2. The molecular formula is C11H18N2. The zero-order valence-corrected chi connectivity index (χ0v) is 8.58. The molecule has 2 bridgehead atoms. The van der Waals surface area contributed by atoms with Gasteiger partial charge in [0.15, 0.2) is 0 Å². The van der Waals surface area contributed by atoms with Crippen molar-refractivity contribution in [3.63, 3.8) is 0 Å². The van der Waals surface area contributed by atoms with Gasteiger partial charge in [0, 0.05) is 13.1 Å². The Hall–Kier alpha value is -0.550. The summed E-state index contributed by atoms with van der Waals surface area (Å²) in [6.45, 7) is 6.38. The topological polar surface area (TPSA) is 27.0 Å². The molecule has 2 aliphatic rings. The summed E-state index contributed by atoms with van der Waals surface area (Å²) in [6.07, 6.45) is 4.20. The summed E-state index contributed by atoms with van der Waals surface area (Å²) in [5.74, 6) is 1.76. The van der Waals surface area contributed by atoms with Crippen molar-refractivity contribution in [2.75, 3.05) is 13.1 Å². The lowest BCUT2D eigenvalue weighted by Gasteiger charge is -2.39. The predicted molar refractivity (Wildman–Crippen MR) is 52.1 cm³/mol. The van der Waals surface area contributed by atoms with E-state index in [1.165, 1.54) is 19.3 Å². The Balaban J connectivity index is 2.07. The monoisotopic (exact) mass is 178 g/mol. The van der Waals surface area contributed by atoms with Crippen LogP contribution in [0.2, 0.25) is 0 Å². The van der Waals surface area contributed by atoms with Gasteiger partial charge in [0.1, 0.15) is 5.54 Å². The number of likely N-dealkylation sites (tertiary alicyclic amines) is 1. The van der Waals surface area contributed by atoms with Gasteiger partial charge in [-0.3, -0.25) is 4.90 Å². The maximum Gasteiger partial charge on any atom is 0.103 e. The molecule has 1 saturated carbocycles. The van der Waals surface area contributed by atoms with Crippen LogP contribution in [0, 0.1) is 23.2 Å². The van der Waals surface area contributed by atoms with Gasteiger partial charge >= 0.3 is 0 Å². The molecule has 1 aliphatic carbocycles. The molecule has 2 rings (SSSR count). The Morgan fingerprint density at radius 2 is 1.77 bits per heavy atom. The molecule has 2 nitrogen and oxygen atoms in total. The van der Waals surface area contributed by atoms with Gasteiger partial charge in [-0.25, -0.2) is 0 Å². The lowest BCUT2D eigenvalue weighted by molar-refractivity contribution is 0.0958. The molecule has 1 aliphatic heterocycles. The van der Waals surface area contributed by atoms with E-state index >= 15 is 0 Å². The lowest BCUT2D eigenvalue weighted by Crippen LogP contribution is -2.48. The average molecular weight is 178 g/mol. The zero-order chi connectivity index (χ0) is 9.47. The van der Waals surface area contributed by atoms with Gasteiger partial charge in [0.25, 0.3) is 0 Å². The molecule has 72 valence electrons. The quantitative estimate of drug-likeness (QED) is 0.614. The summed E-state index contributed by atoms with van der Waals surface area (Å²) in [5.41, 5.74) is -0.249. The Labute approximate surface area is 80.5 Å². The van der Waals surface area contributed by atoms with E-state index < -0.39 is 0 Å². The van der Waals surface area contributed by atoms with Crippen LogP contribution in [0.4, 0.5) is 0 Å². The molecule has 2 heteroatoms. The molecule has 0 aromatic rings. The Morgan fingerprint density at radius 3 is 2.23 bits per heavy atom. The maximum absolute atomic E-state index is 9.05. The molecule has 0 radical (unpaired) electrons. The van der Waals surface area contributed by atoms with Crippen molar-refractivity contribution in [2.24, 2.45) is 11.8 Å². The third-order valence-corrected chi connectivity index (χ3v) is 3.67. The smallest absolute Gasteiger partial charge is 0.103 e. The first kappa shape index (κ1) is 9.02. The van der Waals surface area contributed by atoms with Crippen molar-refractivity contribution < 1.29 is 0 Å². The number of nitrogens with zero attached hydrogens (tertiary/aromatic N) is 2. The number of piperidine rings is 1.